The van der Waals surface area contributed by atoms with Gasteiger partial charge in [-0.25, -0.2) is 4.79 Å². The molecule has 1 aliphatic carbocycles. The lowest BCUT2D eigenvalue weighted by atomic mass is 10.0. The Kier molecular flexibility index (Phi) is 6.91. The second kappa shape index (κ2) is 10.4. The van der Waals surface area contributed by atoms with E-state index in [0.29, 0.717) is 29.4 Å². The third kappa shape index (κ3) is 4.79. The molecule has 0 spiro atoms. The van der Waals surface area contributed by atoms with E-state index in [-0.39, 0.29) is 29.7 Å². The van der Waals surface area contributed by atoms with Crippen molar-refractivity contribution in [1.29, 1.82) is 0 Å². The molecule has 5 rings (SSSR count). The van der Waals surface area contributed by atoms with Crippen molar-refractivity contribution in [2.24, 2.45) is 5.92 Å². The number of halogens is 1. The van der Waals surface area contributed by atoms with Gasteiger partial charge in [-0.2, -0.15) is 0 Å². The van der Waals surface area contributed by atoms with E-state index in [2.05, 4.69) is 5.32 Å². The zero-order valence-electron chi connectivity index (χ0n) is 19.6. The molecule has 0 saturated heterocycles. The van der Waals surface area contributed by atoms with Gasteiger partial charge in [0.15, 0.2) is 0 Å². The predicted octanol–water partition coefficient (Wildman–Crippen LogP) is 5.58. The molecular formula is C28H26ClN3O4. The van der Waals surface area contributed by atoms with Crippen molar-refractivity contribution in [2.45, 2.75) is 31.8 Å². The van der Waals surface area contributed by atoms with Crippen LogP contribution in [0.4, 0.5) is 21.9 Å². The zero-order chi connectivity index (χ0) is 25.1. The topological polar surface area (TPSA) is 79.0 Å². The number of nitrogens with one attached hydrogen (secondary N) is 1. The van der Waals surface area contributed by atoms with Crippen LogP contribution in [0.15, 0.2) is 78.9 Å². The van der Waals surface area contributed by atoms with Crippen LogP contribution in [0, 0.1) is 5.92 Å². The van der Waals surface area contributed by atoms with E-state index in [1.54, 1.807) is 46.2 Å². The van der Waals surface area contributed by atoms with Gasteiger partial charge in [-0.15, -0.1) is 11.6 Å². The van der Waals surface area contributed by atoms with Gasteiger partial charge in [-0.1, -0.05) is 48.9 Å². The molecule has 3 amide bonds. The summed E-state index contributed by atoms with van der Waals surface area (Å²) in [6.07, 6.45) is 1.83. The zero-order valence-corrected chi connectivity index (χ0v) is 20.4. The molecule has 3 aromatic carbocycles. The van der Waals surface area contributed by atoms with Gasteiger partial charge in [0.25, 0.3) is 0 Å². The van der Waals surface area contributed by atoms with Crippen molar-refractivity contribution < 1.29 is 19.1 Å². The Labute approximate surface area is 214 Å². The highest BCUT2D eigenvalue weighted by molar-refractivity contribution is 6.30. The molecule has 0 bridgehead atoms. The summed E-state index contributed by atoms with van der Waals surface area (Å²) in [4.78, 5) is 42.3. The van der Waals surface area contributed by atoms with E-state index in [1.165, 1.54) is 0 Å². The number of ether oxygens (including phenoxy) is 1. The van der Waals surface area contributed by atoms with Gasteiger partial charge in [-0.3, -0.25) is 14.9 Å². The average Bonchev–Trinajstić information content (AvgIpc) is 3.35. The first-order chi connectivity index (χ1) is 17.5. The van der Waals surface area contributed by atoms with Gasteiger partial charge < -0.3 is 14.5 Å². The summed E-state index contributed by atoms with van der Waals surface area (Å²) in [6.45, 7) is 0.344. The van der Waals surface area contributed by atoms with Crippen LogP contribution in [-0.4, -0.2) is 29.8 Å². The molecule has 184 valence electrons. The van der Waals surface area contributed by atoms with Crippen molar-refractivity contribution in [3.8, 4) is 5.75 Å². The molecule has 2 unspecified atom stereocenters. The largest absolute Gasteiger partial charge is 0.417 e. The minimum absolute atomic E-state index is 0.0171. The van der Waals surface area contributed by atoms with E-state index in [4.69, 9.17) is 16.3 Å². The van der Waals surface area contributed by atoms with E-state index >= 15 is 0 Å². The van der Waals surface area contributed by atoms with E-state index in [9.17, 15) is 14.4 Å². The number of alkyl halides is 1. The molecule has 2 atom stereocenters. The number of fused-ring (bicyclic) bond motifs is 2. The third-order valence-corrected chi connectivity index (χ3v) is 6.93. The molecule has 0 radical (unpaired) electrons. The number of hydrogen-bond acceptors (Lipinski definition) is 4. The summed E-state index contributed by atoms with van der Waals surface area (Å²) in [5.41, 5.74) is 2.89. The summed E-state index contributed by atoms with van der Waals surface area (Å²) in [7, 11) is 0. The van der Waals surface area contributed by atoms with Crippen molar-refractivity contribution in [3.63, 3.8) is 0 Å². The molecule has 1 saturated carbocycles. The molecule has 1 heterocycles. The van der Waals surface area contributed by atoms with Gasteiger partial charge in [0.05, 0.1) is 23.8 Å². The number of para-hydroxylation sites is 3. The quantitative estimate of drug-likeness (QED) is 0.461. The van der Waals surface area contributed by atoms with Crippen LogP contribution in [0.1, 0.15) is 24.8 Å². The van der Waals surface area contributed by atoms with Crippen LogP contribution < -0.4 is 19.9 Å². The summed E-state index contributed by atoms with van der Waals surface area (Å²) < 4.78 is 5.27. The van der Waals surface area contributed by atoms with Crippen molar-refractivity contribution in [2.75, 3.05) is 21.0 Å². The number of carbonyl (C=O) groups excluding carboxylic acids is 3. The highest BCUT2D eigenvalue weighted by Gasteiger charge is 2.45. The number of benzene rings is 3. The lowest BCUT2D eigenvalue weighted by Gasteiger charge is -2.30. The second-order valence-electron chi connectivity index (χ2n) is 8.94. The van der Waals surface area contributed by atoms with Crippen molar-refractivity contribution >= 4 is 46.6 Å². The number of hydrogen-bond donors (Lipinski definition) is 1. The minimum Gasteiger partial charge on any atom is -0.410 e. The maximum absolute atomic E-state index is 13.7. The van der Waals surface area contributed by atoms with Crippen LogP contribution in [0.3, 0.4) is 0 Å². The lowest BCUT2D eigenvalue weighted by molar-refractivity contribution is -0.122. The van der Waals surface area contributed by atoms with Crippen LogP contribution in [0.5, 0.6) is 5.75 Å². The molecule has 1 N–H and O–H groups in total. The normalized spacial score (nSPS) is 18.8. The first-order valence-corrected chi connectivity index (χ1v) is 12.5. The highest BCUT2D eigenvalue weighted by atomic mass is 35.5. The first kappa shape index (κ1) is 23.9. The van der Waals surface area contributed by atoms with Gasteiger partial charge >= 0.3 is 6.09 Å². The number of nitrogens with zero attached hydrogens (tertiary/aromatic N) is 2. The fraction of sp³-hybridized carbons (Fsp3) is 0.250. The number of amides is 3. The van der Waals surface area contributed by atoms with Gasteiger partial charge in [0, 0.05) is 11.7 Å². The number of anilines is 3. The Hall–Kier alpha value is -3.84. The molecule has 8 heteroatoms. The highest BCUT2D eigenvalue weighted by Crippen LogP contribution is 2.43. The van der Waals surface area contributed by atoms with Crippen molar-refractivity contribution in [3.05, 3.63) is 84.4 Å². The van der Waals surface area contributed by atoms with Crippen LogP contribution in [-0.2, 0) is 16.1 Å². The van der Waals surface area contributed by atoms with Gasteiger partial charge in [0.1, 0.15) is 11.6 Å². The SMILES string of the molecule is O=C(Nc1ccc(CN2C(=O)C3CCCC3N(C(=O)CCl)c3ccccc32)cc1)Oc1ccccc1. The third-order valence-electron chi connectivity index (χ3n) is 6.70. The van der Waals surface area contributed by atoms with Gasteiger partial charge in [-0.05, 0) is 54.8 Å². The molecule has 36 heavy (non-hydrogen) atoms. The Morgan fingerprint density at radius 3 is 2.33 bits per heavy atom. The monoisotopic (exact) mass is 503 g/mol. The summed E-state index contributed by atoms with van der Waals surface area (Å²) in [5.74, 6) is -0.112. The maximum atomic E-state index is 13.7. The lowest BCUT2D eigenvalue weighted by Crippen LogP contribution is -2.45. The molecule has 3 aromatic rings. The molecular weight excluding hydrogens is 478 g/mol. The summed E-state index contributed by atoms with van der Waals surface area (Å²) in [6, 6.07) is 23.4. The molecule has 0 aromatic heterocycles. The average molecular weight is 504 g/mol. The maximum Gasteiger partial charge on any atom is 0.417 e. The van der Waals surface area contributed by atoms with Crippen LogP contribution in [0.2, 0.25) is 0 Å². The first-order valence-electron chi connectivity index (χ1n) is 12.0. The molecule has 7 nitrogen and oxygen atoms in total. The van der Waals surface area contributed by atoms with Crippen LogP contribution >= 0.6 is 11.6 Å². The molecule has 1 fully saturated rings. The second-order valence-corrected chi connectivity index (χ2v) is 9.21. The van der Waals surface area contributed by atoms with Crippen molar-refractivity contribution in [1.82, 2.24) is 0 Å². The number of carbonyl (C=O) groups is 3. The Morgan fingerprint density at radius 1 is 0.917 bits per heavy atom. The van der Waals surface area contributed by atoms with Crippen LogP contribution in [0.25, 0.3) is 0 Å². The predicted molar refractivity (Wildman–Crippen MR) is 139 cm³/mol. The molecule has 1 aliphatic heterocycles. The Morgan fingerprint density at radius 2 is 1.61 bits per heavy atom. The van der Waals surface area contributed by atoms with E-state index < -0.39 is 6.09 Å². The minimum atomic E-state index is -0.582. The fourth-order valence-corrected chi connectivity index (χ4v) is 5.22. The Balaban J connectivity index is 1.37. The molecule has 2 aliphatic rings. The van der Waals surface area contributed by atoms with E-state index in [1.807, 2.05) is 42.5 Å². The van der Waals surface area contributed by atoms with E-state index in [0.717, 1.165) is 24.8 Å². The summed E-state index contributed by atoms with van der Waals surface area (Å²) >= 11 is 5.97. The standard InChI is InChI=1S/C28H26ClN3O4/c29-17-26(33)32-23-12-6-9-22(23)27(34)31(24-10-4-5-11-25(24)32)18-19-13-15-20(16-14-19)30-28(35)36-21-7-2-1-3-8-21/h1-5,7-8,10-11,13-16,22-23H,6,9,12,17-18H2,(H,30,35). The summed E-state index contributed by atoms with van der Waals surface area (Å²) in [5, 5.41) is 2.71. The number of rotatable bonds is 5. The van der Waals surface area contributed by atoms with Gasteiger partial charge in [0.2, 0.25) is 11.8 Å². The Bertz CT molecular complexity index is 1270. The fourth-order valence-electron chi connectivity index (χ4n) is 5.09. The smallest absolute Gasteiger partial charge is 0.410 e.